The second-order valence-corrected chi connectivity index (χ2v) is 4.73. The Morgan fingerprint density at radius 2 is 2.00 bits per heavy atom. The summed E-state index contributed by atoms with van der Waals surface area (Å²) in [4.78, 5) is 17.3. The number of hydrogen-bond acceptors (Lipinski definition) is 3. The summed E-state index contributed by atoms with van der Waals surface area (Å²) in [6.07, 6.45) is 0. The van der Waals surface area contributed by atoms with E-state index in [0.717, 1.165) is 5.56 Å². The fraction of sp³-hybridized carbons (Fsp3) is 0.200. The number of carboxylic acid groups (broad SMARTS) is 1. The fourth-order valence-electron chi connectivity index (χ4n) is 1.93. The topological polar surface area (TPSA) is 53.4 Å². The van der Waals surface area contributed by atoms with Gasteiger partial charge < -0.3 is 10.0 Å². The molecule has 104 valence electrons. The van der Waals surface area contributed by atoms with E-state index in [1.165, 1.54) is 6.07 Å². The number of anilines is 1. The minimum Gasteiger partial charge on any atom is -0.478 e. The van der Waals surface area contributed by atoms with Crippen LogP contribution in [0.25, 0.3) is 0 Å². The van der Waals surface area contributed by atoms with Crippen LogP contribution in [0.3, 0.4) is 0 Å². The Morgan fingerprint density at radius 1 is 1.30 bits per heavy atom. The van der Waals surface area contributed by atoms with Gasteiger partial charge in [-0.2, -0.15) is 0 Å². The maximum Gasteiger partial charge on any atom is 0.335 e. The molecule has 0 aliphatic rings. The molecule has 2 aromatic rings. The minimum absolute atomic E-state index is 0.145. The average molecular weight is 291 g/mol. The lowest BCUT2D eigenvalue weighted by molar-refractivity contribution is 0.0697. The Bertz CT molecular complexity index is 602. The van der Waals surface area contributed by atoms with Crippen LogP contribution in [0.2, 0.25) is 5.15 Å². The number of hydrogen-bond donors (Lipinski definition) is 1. The maximum atomic E-state index is 11.1. The summed E-state index contributed by atoms with van der Waals surface area (Å²) in [7, 11) is 0. The Hall–Kier alpha value is -2.07. The first-order valence-electron chi connectivity index (χ1n) is 6.30. The molecule has 20 heavy (non-hydrogen) atoms. The van der Waals surface area contributed by atoms with Crippen LogP contribution in [-0.4, -0.2) is 22.6 Å². The number of pyridine rings is 1. The first kappa shape index (κ1) is 14.3. The van der Waals surface area contributed by atoms with Crippen molar-refractivity contribution < 1.29 is 9.90 Å². The number of benzene rings is 1. The number of aromatic carboxylic acids is 1. The van der Waals surface area contributed by atoms with Crippen molar-refractivity contribution in [1.82, 2.24) is 4.98 Å². The predicted octanol–water partition coefficient (Wildman–Crippen LogP) is 3.46. The van der Waals surface area contributed by atoms with Crippen molar-refractivity contribution >= 4 is 23.4 Å². The third-order valence-electron chi connectivity index (χ3n) is 2.95. The average Bonchev–Trinajstić information content (AvgIpc) is 2.45. The zero-order chi connectivity index (χ0) is 14.5. The van der Waals surface area contributed by atoms with Crippen molar-refractivity contribution in [1.29, 1.82) is 0 Å². The van der Waals surface area contributed by atoms with E-state index in [1.54, 1.807) is 6.07 Å². The quantitative estimate of drug-likeness (QED) is 0.857. The lowest BCUT2D eigenvalue weighted by atomic mass is 10.2. The summed E-state index contributed by atoms with van der Waals surface area (Å²) >= 11 is 5.90. The molecule has 1 N–H and O–H groups in total. The molecule has 0 amide bonds. The van der Waals surface area contributed by atoms with Crippen molar-refractivity contribution in [3.8, 4) is 0 Å². The van der Waals surface area contributed by atoms with Crippen LogP contribution < -0.4 is 4.90 Å². The highest BCUT2D eigenvalue weighted by Crippen LogP contribution is 2.20. The first-order valence-corrected chi connectivity index (χ1v) is 6.67. The van der Waals surface area contributed by atoms with Crippen molar-refractivity contribution in [2.24, 2.45) is 0 Å². The molecule has 0 bridgehead atoms. The molecule has 1 aromatic carbocycles. The smallest absolute Gasteiger partial charge is 0.335 e. The van der Waals surface area contributed by atoms with Gasteiger partial charge in [0.15, 0.2) is 0 Å². The SMILES string of the molecule is CCN(Cc1ccccc1)c1cc(C(=O)O)cc(Cl)n1. The summed E-state index contributed by atoms with van der Waals surface area (Å²) in [5.41, 5.74) is 1.28. The van der Waals surface area contributed by atoms with E-state index in [2.05, 4.69) is 4.98 Å². The van der Waals surface area contributed by atoms with Gasteiger partial charge in [0.05, 0.1) is 5.56 Å². The van der Waals surface area contributed by atoms with Gasteiger partial charge in [-0.15, -0.1) is 0 Å². The highest BCUT2D eigenvalue weighted by Gasteiger charge is 2.12. The summed E-state index contributed by atoms with van der Waals surface area (Å²) in [6.45, 7) is 3.36. The molecule has 2 rings (SSSR count). The molecule has 0 radical (unpaired) electrons. The highest BCUT2D eigenvalue weighted by atomic mass is 35.5. The third-order valence-corrected chi connectivity index (χ3v) is 3.14. The summed E-state index contributed by atoms with van der Waals surface area (Å²) < 4.78 is 0. The number of carbonyl (C=O) groups is 1. The second kappa shape index (κ2) is 6.39. The number of nitrogens with zero attached hydrogens (tertiary/aromatic N) is 2. The van der Waals surface area contributed by atoms with E-state index in [1.807, 2.05) is 42.2 Å². The molecule has 0 aliphatic carbocycles. The third kappa shape index (κ3) is 3.48. The molecule has 1 heterocycles. The molecule has 5 heteroatoms. The Kier molecular flexibility index (Phi) is 4.58. The van der Waals surface area contributed by atoms with E-state index in [-0.39, 0.29) is 10.7 Å². The number of aromatic nitrogens is 1. The van der Waals surface area contributed by atoms with Gasteiger partial charge in [-0.1, -0.05) is 41.9 Å². The number of rotatable bonds is 5. The van der Waals surface area contributed by atoms with Crippen LogP contribution in [-0.2, 0) is 6.54 Å². The normalized spacial score (nSPS) is 10.3. The molecule has 4 nitrogen and oxygen atoms in total. The van der Waals surface area contributed by atoms with E-state index in [9.17, 15) is 4.79 Å². The van der Waals surface area contributed by atoms with Crippen LogP contribution in [0.1, 0.15) is 22.8 Å². The minimum atomic E-state index is -1.01. The van der Waals surface area contributed by atoms with Gasteiger partial charge in [0.1, 0.15) is 11.0 Å². The van der Waals surface area contributed by atoms with Gasteiger partial charge in [0.2, 0.25) is 0 Å². The van der Waals surface area contributed by atoms with Gasteiger partial charge in [0, 0.05) is 13.1 Å². The predicted molar refractivity (Wildman–Crippen MR) is 79.4 cm³/mol. The van der Waals surface area contributed by atoms with Gasteiger partial charge in [0.25, 0.3) is 0 Å². The summed E-state index contributed by atoms with van der Waals surface area (Å²) in [5.74, 6) is -0.437. The molecule has 0 atom stereocenters. The van der Waals surface area contributed by atoms with Gasteiger partial charge in [-0.05, 0) is 24.6 Å². The van der Waals surface area contributed by atoms with Crippen LogP contribution in [0, 0.1) is 0 Å². The van der Waals surface area contributed by atoms with Gasteiger partial charge >= 0.3 is 5.97 Å². The molecule has 0 fully saturated rings. The van der Waals surface area contributed by atoms with Crippen LogP contribution in [0.4, 0.5) is 5.82 Å². The standard InChI is InChI=1S/C15H15ClN2O2/c1-2-18(10-11-6-4-3-5-7-11)14-9-12(15(19)20)8-13(16)17-14/h3-9H,2,10H2,1H3,(H,19,20). The molecular weight excluding hydrogens is 276 g/mol. The number of carboxylic acids is 1. The lowest BCUT2D eigenvalue weighted by Crippen LogP contribution is -2.23. The zero-order valence-corrected chi connectivity index (χ0v) is 11.8. The molecule has 0 unspecified atom stereocenters. The van der Waals surface area contributed by atoms with E-state index in [4.69, 9.17) is 16.7 Å². The second-order valence-electron chi connectivity index (χ2n) is 4.34. The van der Waals surface area contributed by atoms with E-state index < -0.39 is 5.97 Å². The van der Waals surface area contributed by atoms with Crippen molar-refractivity contribution in [2.45, 2.75) is 13.5 Å². The lowest BCUT2D eigenvalue weighted by Gasteiger charge is -2.22. The monoisotopic (exact) mass is 290 g/mol. The number of halogens is 1. The fourth-order valence-corrected chi connectivity index (χ4v) is 2.13. The first-order chi connectivity index (χ1) is 9.60. The van der Waals surface area contributed by atoms with Crippen LogP contribution in [0.5, 0.6) is 0 Å². The summed E-state index contributed by atoms with van der Waals surface area (Å²) in [6, 6.07) is 12.8. The molecule has 0 saturated carbocycles. The van der Waals surface area contributed by atoms with Crippen molar-refractivity contribution in [3.05, 3.63) is 58.7 Å². The highest BCUT2D eigenvalue weighted by molar-refractivity contribution is 6.29. The summed E-state index contributed by atoms with van der Waals surface area (Å²) in [5, 5.41) is 9.26. The Morgan fingerprint density at radius 3 is 2.60 bits per heavy atom. The van der Waals surface area contributed by atoms with Gasteiger partial charge in [-0.3, -0.25) is 0 Å². The van der Waals surface area contributed by atoms with Crippen molar-refractivity contribution in [2.75, 3.05) is 11.4 Å². The van der Waals surface area contributed by atoms with Crippen molar-refractivity contribution in [3.63, 3.8) is 0 Å². The molecule has 0 aliphatic heterocycles. The Labute approximate surface area is 122 Å². The van der Waals surface area contributed by atoms with Crippen LogP contribution >= 0.6 is 11.6 Å². The van der Waals surface area contributed by atoms with Gasteiger partial charge in [-0.25, -0.2) is 9.78 Å². The Balaban J connectivity index is 2.29. The van der Waals surface area contributed by atoms with E-state index >= 15 is 0 Å². The zero-order valence-electron chi connectivity index (χ0n) is 11.1. The largest absolute Gasteiger partial charge is 0.478 e. The molecule has 0 spiro atoms. The molecular formula is C15H15ClN2O2. The molecule has 1 aromatic heterocycles. The molecule has 0 saturated heterocycles. The van der Waals surface area contributed by atoms with E-state index in [0.29, 0.717) is 18.9 Å². The maximum absolute atomic E-state index is 11.1. The van der Waals surface area contributed by atoms with Crippen LogP contribution in [0.15, 0.2) is 42.5 Å².